The van der Waals surface area contributed by atoms with Crippen LogP contribution >= 0.6 is 22.9 Å². The van der Waals surface area contributed by atoms with Crippen LogP contribution in [0, 0.1) is 0 Å². The monoisotopic (exact) mass is 396 g/mol. The molecular weight excluding hydrogens is 380 g/mol. The standard InChI is InChI=1S/C20H17ClN4OS/c1-3-22-20-25(17(12-27-20)13-8-10-14(21)11-9-13)23-18-15-6-4-5-7-16(15)24(2)19(18)26/h4-12H,3H2,1-2H3. The second kappa shape index (κ2) is 7.13. The molecule has 2 aromatic carbocycles. The molecule has 1 aliphatic rings. The van der Waals surface area contributed by atoms with Gasteiger partial charge in [0.15, 0.2) is 5.71 Å². The summed E-state index contributed by atoms with van der Waals surface area (Å²) in [7, 11) is 1.76. The number of hydrogen-bond donors (Lipinski definition) is 0. The van der Waals surface area contributed by atoms with Gasteiger partial charge in [0.2, 0.25) is 4.80 Å². The van der Waals surface area contributed by atoms with Gasteiger partial charge in [0.1, 0.15) is 0 Å². The largest absolute Gasteiger partial charge is 0.309 e. The Kier molecular flexibility index (Phi) is 4.68. The number of carbonyl (C=O) groups is 1. The molecule has 27 heavy (non-hydrogen) atoms. The molecule has 0 unspecified atom stereocenters. The molecule has 0 radical (unpaired) electrons. The zero-order valence-corrected chi connectivity index (χ0v) is 16.5. The lowest BCUT2D eigenvalue weighted by Gasteiger charge is -2.07. The number of nitrogens with zero attached hydrogens (tertiary/aromatic N) is 4. The minimum atomic E-state index is -0.126. The van der Waals surface area contributed by atoms with E-state index in [4.69, 9.17) is 16.7 Å². The van der Waals surface area contributed by atoms with Gasteiger partial charge < -0.3 is 4.90 Å². The van der Waals surface area contributed by atoms with E-state index in [1.54, 1.807) is 16.6 Å². The summed E-state index contributed by atoms with van der Waals surface area (Å²) in [6.45, 7) is 2.61. The molecule has 0 fully saturated rings. The maximum Gasteiger partial charge on any atom is 0.279 e. The first-order chi connectivity index (χ1) is 13.1. The molecule has 7 heteroatoms. The average molecular weight is 397 g/mol. The number of benzene rings is 2. The first-order valence-corrected chi connectivity index (χ1v) is 9.79. The van der Waals surface area contributed by atoms with Gasteiger partial charge in [-0.1, -0.05) is 41.9 Å². The van der Waals surface area contributed by atoms with E-state index < -0.39 is 0 Å². The van der Waals surface area contributed by atoms with Crippen LogP contribution in [0.25, 0.3) is 11.3 Å². The number of para-hydroxylation sites is 1. The fraction of sp³-hybridized carbons (Fsp3) is 0.150. The lowest BCUT2D eigenvalue weighted by atomic mass is 10.1. The third-order valence-electron chi connectivity index (χ3n) is 4.35. The number of halogens is 1. The van der Waals surface area contributed by atoms with E-state index >= 15 is 0 Å². The lowest BCUT2D eigenvalue weighted by molar-refractivity contribution is -0.112. The molecule has 0 N–H and O–H groups in total. The van der Waals surface area contributed by atoms with Crippen LogP contribution in [-0.2, 0) is 4.79 Å². The van der Waals surface area contributed by atoms with Crippen LogP contribution in [0.1, 0.15) is 12.5 Å². The highest BCUT2D eigenvalue weighted by atomic mass is 35.5. The Labute approximate surface area is 165 Å². The van der Waals surface area contributed by atoms with Gasteiger partial charge in [-0.15, -0.1) is 11.3 Å². The quantitative estimate of drug-likeness (QED) is 0.659. The second-order valence-electron chi connectivity index (χ2n) is 6.03. The van der Waals surface area contributed by atoms with Crippen LogP contribution in [0.15, 0.2) is 64.0 Å². The molecule has 1 amide bonds. The fourth-order valence-electron chi connectivity index (χ4n) is 3.00. The maximum absolute atomic E-state index is 12.8. The molecule has 0 aliphatic carbocycles. The number of anilines is 1. The fourth-order valence-corrected chi connectivity index (χ4v) is 4.03. The van der Waals surface area contributed by atoms with E-state index in [-0.39, 0.29) is 5.91 Å². The van der Waals surface area contributed by atoms with Crippen molar-refractivity contribution < 1.29 is 4.79 Å². The summed E-state index contributed by atoms with van der Waals surface area (Å²) in [6.07, 6.45) is 0. The van der Waals surface area contributed by atoms with Crippen molar-refractivity contribution in [2.24, 2.45) is 10.1 Å². The van der Waals surface area contributed by atoms with Crippen LogP contribution in [0.3, 0.4) is 0 Å². The molecule has 1 aliphatic heterocycles. The highest BCUT2D eigenvalue weighted by molar-refractivity contribution is 7.07. The van der Waals surface area contributed by atoms with Crippen LogP contribution in [0.5, 0.6) is 0 Å². The molecule has 0 saturated carbocycles. The van der Waals surface area contributed by atoms with Gasteiger partial charge in [-0.3, -0.25) is 9.79 Å². The van der Waals surface area contributed by atoms with Crippen LogP contribution in [0.2, 0.25) is 5.02 Å². The van der Waals surface area contributed by atoms with Gasteiger partial charge in [-0.2, -0.15) is 5.10 Å². The molecule has 0 bridgehead atoms. The molecule has 0 saturated heterocycles. The highest BCUT2D eigenvalue weighted by Gasteiger charge is 2.31. The molecule has 2 heterocycles. The van der Waals surface area contributed by atoms with Gasteiger partial charge >= 0.3 is 0 Å². The molecule has 136 valence electrons. The highest BCUT2D eigenvalue weighted by Crippen LogP contribution is 2.29. The van der Waals surface area contributed by atoms with Crippen molar-refractivity contribution in [2.75, 3.05) is 18.5 Å². The average Bonchev–Trinajstić information content (AvgIpc) is 3.18. The topological polar surface area (TPSA) is 50.0 Å². The number of carbonyl (C=O) groups excluding carboxylic acids is 1. The smallest absolute Gasteiger partial charge is 0.279 e. The third kappa shape index (κ3) is 3.11. The number of amides is 1. The van der Waals surface area contributed by atoms with Gasteiger partial charge in [0, 0.05) is 35.1 Å². The van der Waals surface area contributed by atoms with Crippen molar-refractivity contribution in [1.82, 2.24) is 4.68 Å². The van der Waals surface area contributed by atoms with E-state index in [0.717, 1.165) is 27.3 Å². The Morgan fingerprint density at radius 1 is 1.11 bits per heavy atom. The van der Waals surface area contributed by atoms with E-state index in [0.29, 0.717) is 17.3 Å². The SMILES string of the molecule is CCN=c1scc(-c2ccc(Cl)cc2)n1N=C1C(=O)N(C)c2ccccc21. The Hall–Kier alpha value is -2.70. The molecule has 0 spiro atoms. The molecular formula is C20H17ClN4OS. The molecule has 1 aromatic heterocycles. The van der Waals surface area contributed by atoms with Crippen LogP contribution in [-0.4, -0.2) is 29.9 Å². The Bertz CT molecular complexity index is 1110. The van der Waals surface area contributed by atoms with E-state index in [2.05, 4.69) is 4.99 Å². The first kappa shape index (κ1) is 17.7. The summed E-state index contributed by atoms with van der Waals surface area (Å²) < 4.78 is 1.75. The minimum absolute atomic E-state index is 0.126. The Balaban J connectivity index is 1.93. The Morgan fingerprint density at radius 2 is 1.85 bits per heavy atom. The number of fused-ring (bicyclic) bond motifs is 1. The van der Waals surface area contributed by atoms with E-state index in [1.165, 1.54) is 11.3 Å². The van der Waals surface area contributed by atoms with Crippen molar-refractivity contribution in [3.63, 3.8) is 0 Å². The number of likely N-dealkylation sites (N-methyl/N-ethyl adjacent to an activating group) is 1. The first-order valence-electron chi connectivity index (χ1n) is 8.53. The summed E-state index contributed by atoms with van der Waals surface area (Å²) in [5.41, 5.74) is 3.94. The zero-order chi connectivity index (χ0) is 19.0. The number of rotatable bonds is 3. The third-order valence-corrected chi connectivity index (χ3v) is 5.45. The molecule has 3 aromatic rings. The lowest BCUT2D eigenvalue weighted by Crippen LogP contribution is -2.27. The van der Waals surface area contributed by atoms with Gasteiger partial charge in [-0.05, 0) is 25.1 Å². The van der Waals surface area contributed by atoms with Gasteiger partial charge in [0.25, 0.3) is 5.91 Å². The van der Waals surface area contributed by atoms with Crippen molar-refractivity contribution in [1.29, 1.82) is 0 Å². The predicted octanol–water partition coefficient (Wildman–Crippen LogP) is 4.02. The van der Waals surface area contributed by atoms with E-state index in [9.17, 15) is 4.79 Å². The van der Waals surface area contributed by atoms with Crippen molar-refractivity contribution >= 4 is 40.2 Å². The molecule has 4 rings (SSSR count). The summed E-state index contributed by atoms with van der Waals surface area (Å²) in [5.74, 6) is -0.126. The number of aromatic nitrogens is 1. The normalized spacial score (nSPS) is 15.7. The Morgan fingerprint density at radius 3 is 2.59 bits per heavy atom. The summed E-state index contributed by atoms with van der Waals surface area (Å²) in [6, 6.07) is 15.2. The molecule has 0 atom stereocenters. The zero-order valence-electron chi connectivity index (χ0n) is 14.9. The maximum atomic E-state index is 12.8. The number of thiazole rings is 1. The molecule has 5 nitrogen and oxygen atoms in total. The van der Waals surface area contributed by atoms with E-state index in [1.807, 2.05) is 60.8 Å². The predicted molar refractivity (Wildman–Crippen MR) is 111 cm³/mol. The van der Waals surface area contributed by atoms with Crippen LogP contribution < -0.4 is 9.70 Å². The van der Waals surface area contributed by atoms with Crippen LogP contribution in [0.4, 0.5) is 5.69 Å². The van der Waals surface area contributed by atoms with Crippen molar-refractivity contribution in [2.45, 2.75) is 6.92 Å². The van der Waals surface area contributed by atoms with Gasteiger partial charge in [-0.25, -0.2) is 4.68 Å². The summed E-state index contributed by atoms with van der Waals surface area (Å²) >= 11 is 7.52. The summed E-state index contributed by atoms with van der Waals surface area (Å²) in [5, 5.41) is 7.40. The van der Waals surface area contributed by atoms with Crippen molar-refractivity contribution in [3.05, 3.63) is 69.3 Å². The number of hydrogen-bond acceptors (Lipinski definition) is 4. The minimum Gasteiger partial charge on any atom is -0.309 e. The van der Waals surface area contributed by atoms with Crippen molar-refractivity contribution in [3.8, 4) is 11.3 Å². The van der Waals surface area contributed by atoms with Gasteiger partial charge in [0.05, 0.1) is 11.4 Å². The second-order valence-corrected chi connectivity index (χ2v) is 7.30. The summed E-state index contributed by atoms with van der Waals surface area (Å²) in [4.78, 5) is 19.7.